The van der Waals surface area contributed by atoms with Gasteiger partial charge in [-0.15, -0.1) is 0 Å². The number of alkyl halides is 1. The van der Waals surface area contributed by atoms with Crippen LogP contribution < -0.4 is 0 Å². The number of carbonyl (C=O) groups excluding carboxylic acids is 1. The Morgan fingerprint density at radius 1 is 1.43 bits per heavy atom. The maximum Gasteiger partial charge on any atom is 0.238 e. The summed E-state index contributed by atoms with van der Waals surface area (Å²) in [6.07, 6.45) is 4.42. The Morgan fingerprint density at radius 3 is 2.29 bits per heavy atom. The molecule has 0 N–H and O–H groups in total. The number of thioether (sulfide) groups is 1. The van der Waals surface area contributed by atoms with Gasteiger partial charge in [0, 0.05) is 18.3 Å². The molecule has 0 atom stereocenters. The molecule has 1 heterocycles. The summed E-state index contributed by atoms with van der Waals surface area (Å²) in [7, 11) is 0. The Bertz CT molecular complexity index is 207. The quantitative estimate of drug-likeness (QED) is 0.724. The van der Waals surface area contributed by atoms with Crippen molar-refractivity contribution in [2.75, 3.05) is 19.3 Å². The Balaban J connectivity index is 2.46. The van der Waals surface area contributed by atoms with Gasteiger partial charge in [-0.2, -0.15) is 11.8 Å². The van der Waals surface area contributed by atoms with Crippen molar-refractivity contribution in [3.8, 4) is 0 Å². The van der Waals surface area contributed by atoms with Gasteiger partial charge >= 0.3 is 0 Å². The van der Waals surface area contributed by atoms with E-state index in [2.05, 4.69) is 22.2 Å². The van der Waals surface area contributed by atoms with Crippen LogP contribution in [0.4, 0.5) is 0 Å². The van der Waals surface area contributed by atoms with Gasteiger partial charge in [-0.1, -0.05) is 15.9 Å². The first kappa shape index (κ1) is 12.4. The summed E-state index contributed by atoms with van der Waals surface area (Å²) in [4.78, 5) is 13.9. The van der Waals surface area contributed by atoms with Gasteiger partial charge < -0.3 is 4.90 Å². The number of piperidine rings is 1. The molecule has 1 aliphatic rings. The van der Waals surface area contributed by atoms with Crippen LogP contribution in [-0.4, -0.2) is 39.7 Å². The van der Waals surface area contributed by atoms with Gasteiger partial charge in [-0.3, -0.25) is 4.79 Å². The lowest BCUT2D eigenvalue weighted by Crippen LogP contribution is -2.46. The zero-order chi connectivity index (χ0) is 10.8. The Morgan fingerprint density at radius 2 is 1.93 bits per heavy atom. The zero-order valence-corrected chi connectivity index (χ0v) is 11.4. The topological polar surface area (TPSA) is 20.3 Å². The summed E-state index contributed by atoms with van der Waals surface area (Å²) in [5.74, 6) is 0.219. The number of rotatable bonds is 2. The second-order valence-electron chi connectivity index (χ2n) is 4.20. The Hall–Kier alpha value is 0.300. The molecule has 0 unspecified atom stereocenters. The van der Waals surface area contributed by atoms with Crippen molar-refractivity contribution in [3.63, 3.8) is 0 Å². The van der Waals surface area contributed by atoms with Crippen molar-refractivity contribution in [3.05, 3.63) is 0 Å². The molecule has 0 aromatic heterocycles. The van der Waals surface area contributed by atoms with Crippen molar-refractivity contribution < 1.29 is 4.79 Å². The van der Waals surface area contributed by atoms with Gasteiger partial charge in [0.25, 0.3) is 0 Å². The number of amides is 1. The zero-order valence-electron chi connectivity index (χ0n) is 9.05. The van der Waals surface area contributed by atoms with E-state index in [1.807, 2.05) is 30.5 Å². The van der Waals surface area contributed by atoms with Crippen molar-refractivity contribution in [1.82, 2.24) is 4.90 Å². The van der Waals surface area contributed by atoms with Crippen LogP contribution in [0.1, 0.15) is 26.7 Å². The third-order valence-corrected chi connectivity index (χ3v) is 4.05. The fraction of sp³-hybridized carbons (Fsp3) is 0.900. The number of hydrogen-bond donors (Lipinski definition) is 0. The lowest BCUT2D eigenvalue weighted by molar-refractivity contribution is -0.133. The van der Waals surface area contributed by atoms with Gasteiger partial charge in [0.15, 0.2) is 0 Å². The van der Waals surface area contributed by atoms with E-state index < -0.39 is 4.32 Å². The molecule has 82 valence electrons. The third kappa shape index (κ3) is 3.16. The molecule has 1 aliphatic heterocycles. The molecule has 0 aromatic carbocycles. The van der Waals surface area contributed by atoms with Crippen LogP contribution in [-0.2, 0) is 4.79 Å². The van der Waals surface area contributed by atoms with E-state index >= 15 is 0 Å². The molecule has 2 nitrogen and oxygen atoms in total. The first-order valence-electron chi connectivity index (χ1n) is 4.96. The van der Waals surface area contributed by atoms with E-state index in [1.54, 1.807) is 0 Å². The van der Waals surface area contributed by atoms with Crippen LogP contribution in [0.3, 0.4) is 0 Å². The monoisotopic (exact) mass is 279 g/mol. The highest BCUT2D eigenvalue weighted by molar-refractivity contribution is 9.10. The first-order valence-corrected chi connectivity index (χ1v) is 7.04. The molecule has 0 aromatic rings. The highest BCUT2D eigenvalue weighted by Crippen LogP contribution is 2.25. The second kappa shape index (κ2) is 4.88. The highest BCUT2D eigenvalue weighted by Gasteiger charge is 2.31. The van der Waals surface area contributed by atoms with Crippen molar-refractivity contribution in [1.29, 1.82) is 0 Å². The molecule has 0 bridgehead atoms. The number of halogens is 1. The standard InChI is InChI=1S/C10H18BrNOS/c1-10(2,11)9(13)12-6-4-8(14-3)5-7-12/h8H,4-7H2,1-3H3. The normalized spacial score (nSPS) is 19.9. The first-order chi connectivity index (χ1) is 6.45. The predicted octanol–water partition coefficient (Wildman–Crippen LogP) is 2.51. The summed E-state index contributed by atoms with van der Waals surface area (Å²) in [5, 5.41) is 0.748. The largest absolute Gasteiger partial charge is 0.341 e. The molecule has 14 heavy (non-hydrogen) atoms. The molecule has 1 rings (SSSR count). The van der Waals surface area contributed by atoms with E-state index in [-0.39, 0.29) is 5.91 Å². The van der Waals surface area contributed by atoms with E-state index in [1.165, 1.54) is 0 Å². The summed E-state index contributed by atoms with van der Waals surface area (Å²) in [6.45, 7) is 5.66. The lowest BCUT2D eigenvalue weighted by Gasteiger charge is -2.34. The van der Waals surface area contributed by atoms with Crippen LogP contribution in [0.2, 0.25) is 0 Å². The molecule has 0 radical (unpaired) electrons. The number of likely N-dealkylation sites (tertiary alicyclic amines) is 1. The van der Waals surface area contributed by atoms with Crippen LogP contribution in [0.5, 0.6) is 0 Å². The molecule has 1 amide bonds. The average Bonchev–Trinajstić information content (AvgIpc) is 2.15. The van der Waals surface area contributed by atoms with Gasteiger partial charge in [-0.25, -0.2) is 0 Å². The van der Waals surface area contributed by atoms with Gasteiger partial charge in [0.05, 0.1) is 4.32 Å². The lowest BCUT2D eigenvalue weighted by atomic mass is 10.1. The van der Waals surface area contributed by atoms with Crippen LogP contribution in [0.15, 0.2) is 0 Å². The molecule has 4 heteroatoms. The minimum Gasteiger partial charge on any atom is -0.341 e. The Labute approximate surface area is 98.9 Å². The molecule has 1 fully saturated rings. The Kier molecular flexibility index (Phi) is 4.31. The van der Waals surface area contributed by atoms with Crippen LogP contribution >= 0.6 is 27.7 Å². The van der Waals surface area contributed by atoms with Gasteiger partial charge in [-0.05, 0) is 32.9 Å². The fourth-order valence-electron chi connectivity index (χ4n) is 1.67. The summed E-state index contributed by atoms with van der Waals surface area (Å²) in [6, 6.07) is 0. The molecule has 0 aliphatic carbocycles. The molecular weight excluding hydrogens is 262 g/mol. The minimum atomic E-state index is -0.404. The molecule has 0 spiro atoms. The fourth-order valence-corrected chi connectivity index (χ4v) is 2.60. The maximum atomic E-state index is 11.9. The SMILES string of the molecule is CSC1CCN(C(=O)C(C)(C)Br)CC1. The second-order valence-corrected chi connectivity index (χ2v) is 7.32. The number of carbonyl (C=O) groups is 1. The summed E-state index contributed by atoms with van der Waals surface area (Å²) < 4.78 is -0.404. The average molecular weight is 280 g/mol. The van der Waals surface area contributed by atoms with Crippen molar-refractivity contribution in [2.45, 2.75) is 36.3 Å². The third-order valence-electron chi connectivity index (χ3n) is 2.57. The van der Waals surface area contributed by atoms with E-state index in [0.717, 1.165) is 31.2 Å². The number of nitrogens with zero attached hydrogens (tertiary/aromatic N) is 1. The smallest absolute Gasteiger partial charge is 0.238 e. The number of hydrogen-bond acceptors (Lipinski definition) is 2. The maximum absolute atomic E-state index is 11.9. The van der Waals surface area contributed by atoms with E-state index in [9.17, 15) is 4.79 Å². The van der Waals surface area contributed by atoms with Crippen LogP contribution in [0, 0.1) is 0 Å². The van der Waals surface area contributed by atoms with Crippen LogP contribution in [0.25, 0.3) is 0 Å². The van der Waals surface area contributed by atoms with Gasteiger partial charge in [0.1, 0.15) is 0 Å². The molecular formula is C10H18BrNOS. The van der Waals surface area contributed by atoms with E-state index in [0.29, 0.717) is 0 Å². The highest BCUT2D eigenvalue weighted by atomic mass is 79.9. The van der Waals surface area contributed by atoms with Gasteiger partial charge in [0.2, 0.25) is 5.91 Å². The van der Waals surface area contributed by atoms with Crippen molar-refractivity contribution >= 4 is 33.6 Å². The molecule has 1 saturated heterocycles. The summed E-state index contributed by atoms with van der Waals surface area (Å²) >= 11 is 5.33. The minimum absolute atomic E-state index is 0.219. The predicted molar refractivity (Wildman–Crippen MR) is 66.1 cm³/mol. The molecule has 0 saturated carbocycles. The summed E-state index contributed by atoms with van der Waals surface area (Å²) in [5.41, 5.74) is 0. The van der Waals surface area contributed by atoms with Crippen molar-refractivity contribution in [2.24, 2.45) is 0 Å². The van der Waals surface area contributed by atoms with E-state index in [4.69, 9.17) is 0 Å².